The molecule has 0 unspecified atom stereocenters. The van der Waals surface area contributed by atoms with Gasteiger partial charge in [0.05, 0.1) is 5.41 Å². The molecule has 0 aliphatic carbocycles. The second-order valence-electron chi connectivity index (χ2n) is 8.51. The number of hydrogen-bond acceptors (Lipinski definition) is 3. The van der Waals surface area contributed by atoms with Crippen LogP contribution in [0.3, 0.4) is 0 Å². The Kier molecular flexibility index (Phi) is 7.27. The van der Waals surface area contributed by atoms with E-state index in [0.29, 0.717) is 5.56 Å². The molecule has 35 heavy (non-hydrogen) atoms. The number of carboxylic acid groups (broad SMARTS) is 1. The van der Waals surface area contributed by atoms with E-state index in [9.17, 15) is 19.8 Å². The lowest BCUT2D eigenvalue weighted by molar-refractivity contribution is -0.141. The van der Waals surface area contributed by atoms with E-state index in [0.717, 1.165) is 16.7 Å². The third kappa shape index (κ3) is 5.41. The van der Waals surface area contributed by atoms with Gasteiger partial charge in [0.15, 0.2) is 0 Å². The van der Waals surface area contributed by atoms with Gasteiger partial charge >= 0.3 is 5.97 Å². The van der Waals surface area contributed by atoms with Crippen molar-refractivity contribution in [1.82, 2.24) is 5.32 Å². The zero-order valence-corrected chi connectivity index (χ0v) is 19.2. The number of amides is 1. The summed E-state index contributed by atoms with van der Waals surface area (Å²) in [5.74, 6) is -1.38. The molecule has 1 amide bonds. The Labute approximate surface area is 204 Å². The van der Waals surface area contributed by atoms with E-state index in [1.54, 1.807) is 12.1 Å². The Hall–Kier alpha value is -4.38. The molecule has 0 saturated heterocycles. The topological polar surface area (TPSA) is 86.6 Å². The fourth-order valence-electron chi connectivity index (χ4n) is 4.53. The van der Waals surface area contributed by atoms with Gasteiger partial charge in [-0.05, 0) is 34.4 Å². The molecule has 5 nitrogen and oxygen atoms in total. The summed E-state index contributed by atoms with van der Waals surface area (Å²) in [5, 5.41) is 22.1. The lowest BCUT2D eigenvalue weighted by Crippen LogP contribution is -2.45. The van der Waals surface area contributed by atoms with Crippen molar-refractivity contribution >= 4 is 11.9 Å². The van der Waals surface area contributed by atoms with Crippen LogP contribution in [0, 0.1) is 0 Å². The molecule has 1 atom stereocenters. The Morgan fingerprint density at radius 3 is 1.51 bits per heavy atom. The van der Waals surface area contributed by atoms with Crippen LogP contribution in [0.15, 0.2) is 115 Å². The maximum atomic E-state index is 13.5. The van der Waals surface area contributed by atoms with Gasteiger partial charge in [-0.15, -0.1) is 0 Å². The number of carbonyl (C=O) groups excluding carboxylic acids is 1. The van der Waals surface area contributed by atoms with Crippen molar-refractivity contribution < 1.29 is 19.8 Å². The predicted molar refractivity (Wildman–Crippen MR) is 135 cm³/mol. The van der Waals surface area contributed by atoms with Gasteiger partial charge in [0.2, 0.25) is 5.91 Å². The minimum Gasteiger partial charge on any atom is -0.508 e. The highest BCUT2D eigenvalue weighted by atomic mass is 16.4. The molecular formula is C30H27NO4. The summed E-state index contributed by atoms with van der Waals surface area (Å²) in [6.45, 7) is 0. The van der Waals surface area contributed by atoms with Crippen molar-refractivity contribution in [3.05, 3.63) is 138 Å². The van der Waals surface area contributed by atoms with Gasteiger partial charge in [-0.25, -0.2) is 4.79 Å². The number of carboxylic acids is 1. The number of aliphatic carboxylic acids is 1. The molecule has 0 aliphatic heterocycles. The number of rotatable bonds is 9. The lowest BCUT2D eigenvalue weighted by atomic mass is 9.67. The highest BCUT2D eigenvalue weighted by molar-refractivity contribution is 5.85. The largest absolute Gasteiger partial charge is 0.508 e. The molecular weight excluding hydrogens is 438 g/mol. The van der Waals surface area contributed by atoms with Gasteiger partial charge in [0.1, 0.15) is 11.8 Å². The monoisotopic (exact) mass is 465 g/mol. The van der Waals surface area contributed by atoms with Crippen LogP contribution in [0.1, 0.15) is 28.7 Å². The second kappa shape index (κ2) is 10.7. The van der Waals surface area contributed by atoms with Gasteiger partial charge in [0, 0.05) is 12.8 Å². The zero-order chi connectivity index (χ0) is 24.7. The summed E-state index contributed by atoms with van der Waals surface area (Å²) in [6.07, 6.45) is 0.140. The van der Waals surface area contributed by atoms with Gasteiger partial charge < -0.3 is 15.5 Å². The number of nitrogens with one attached hydrogen (secondary N) is 1. The van der Waals surface area contributed by atoms with Crippen LogP contribution in [0.5, 0.6) is 5.75 Å². The summed E-state index contributed by atoms with van der Waals surface area (Å²) in [4.78, 5) is 25.5. The third-order valence-electron chi connectivity index (χ3n) is 6.23. The molecule has 0 fully saturated rings. The normalized spacial score (nSPS) is 12.0. The standard InChI is InChI=1S/C30H27NO4/c32-26-18-16-22(17-19-26)20-27(29(34)35)31-28(33)21-30(23-10-4-1-5-11-23,24-12-6-2-7-13-24)25-14-8-3-9-15-25/h1-19,27,32H,20-21H2,(H,31,33)(H,34,35)/t27-/m0/s1. The summed E-state index contributed by atoms with van der Waals surface area (Å²) in [6, 6.07) is 34.7. The molecule has 4 aromatic carbocycles. The van der Waals surface area contributed by atoms with E-state index in [1.807, 2.05) is 91.0 Å². The van der Waals surface area contributed by atoms with Crippen LogP contribution in [0.4, 0.5) is 0 Å². The van der Waals surface area contributed by atoms with Crippen LogP contribution >= 0.6 is 0 Å². The Morgan fingerprint density at radius 1 is 0.686 bits per heavy atom. The molecule has 0 spiro atoms. The summed E-state index contributed by atoms with van der Waals surface area (Å²) < 4.78 is 0. The molecule has 0 heterocycles. The maximum absolute atomic E-state index is 13.5. The molecule has 0 aliphatic rings. The predicted octanol–water partition coefficient (Wildman–Crippen LogP) is 4.93. The first-order valence-electron chi connectivity index (χ1n) is 11.5. The number of aromatic hydroxyl groups is 1. The molecule has 3 N–H and O–H groups in total. The summed E-state index contributed by atoms with van der Waals surface area (Å²) in [7, 11) is 0. The van der Waals surface area contributed by atoms with Gasteiger partial charge in [-0.3, -0.25) is 4.79 Å². The first-order valence-corrected chi connectivity index (χ1v) is 11.5. The SMILES string of the molecule is O=C(CC(c1ccccc1)(c1ccccc1)c1ccccc1)N[C@@H](Cc1ccc(O)cc1)C(=O)O. The highest BCUT2D eigenvalue weighted by Crippen LogP contribution is 2.42. The third-order valence-corrected chi connectivity index (χ3v) is 6.23. The van der Waals surface area contributed by atoms with Crippen LogP contribution in [0.25, 0.3) is 0 Å². The fourth-order valence-corrected chi connectivity index (χ4v) is 4.53. The minimum absolute atomic E-state index is 0.0321. The molecule has 4 aromatic rings. The van der Waals surface area contributed by atoms with E-state index in [2.05, 4.69) is 5.32 Å². The van der Waals surface area contributed by atoms with Gasteiger partial charge in [-0.1, -0.05) is 103 Å². The molecule has 0 radical (unpaired) electrons. The van der Waals surface area contributed by atoms with Crippen LogP contribution in [-0.4, -0.2) is 28.1 Å². The van der Waals surface area contributed by atoms with Gasteiger partial charge in [0.25, 0.3) is 0 Å². The maximum Gasteiger partial charge on any atom is 0.326 e. The lowest BCUT2D eigenvalue weighted by Gasteiger charge is -2.36. The summed E-state index contributed by atoms with van der Waals surface area (Å²) >= 11 is 0. The van der Waals surface area contributed by atoms with E-state index in [-0.39, 0.29) is 24.5 Å². The first kappa shape index (κ1) is 23.8. The molecule has 4 rings (SSSR count). The van der Waals surface area contributed by atoms with Crippen molar-refractivity contribution in [1.29, 1.82) is 0 Å². The van der Waals surface area contributed by atoms with Crippen LogP contribution in [-0.2, 0) is 21.4 Å². The number of benzene rings is 4. The smallest absolute Gasteiger partial charge is 0.326 e. The number of carbonyl (C=O) groups is 2. The number of phenolic OH excluding ortho intramolecular Hbond substituents is 1. The van der Waals surface area contributed by atoms with E-state index >= 15 is 0 Å². The average molecular weight is 466 g/mol. The van der Waals surface area contributed by atoms with Crippen molar-refractivity contribution in [3.8, 4) is 5.75 Å². The summed E-state index contributed by atoms with van der Waals surface area (Å²) in [5.41, 5.74) is 2.72. The zero-order valence-electron chi connectivity index (χ0n) is 19.2. The second-order valence-corrected chi connectivity index (χ2v) is 8.51. The van der Waals surface area contributed by atoms with Crippen LogP contribution < -0.4 is 5.32 Å². The quantitative estimate of drug-likeness (QED) is 0.306. The molecule has 0 saturated carbocycles. The van der Waals surface area contributed by atoms with Crippen molar-refractivity contribution in [2.75, 3.05) is 0 Å². The number of hydrogen-bond donors (Lipinski definition) is 3. The van der Waals surface area contributed by atoms with Crippen molar-refractivity contribution in [3.63, 3.8) is 0 Å². The van der Waals surface area contributed by atoms with Crippen LogP contribution in [0.2, 0.25) is 0 Å². The molecule has 0 bridgehead atoms. The van der Waals surface area contributed by atoms with E-state index in [4.69, 9.17) is 0 Å². The molecule has 0 aromatic heterocycles. The Bertz CT molecular complexity index is 1160. The molecule has 176 valence electrons. The Morgan fingerprint density at radius 2 is 1.11 bits per heavy atom. The van der Waals surface area contributed by atoms with Crippen molar-refractivity contribution in [2.24, 2.45) is 0 Å². The van der Waals surface area contributed by atoms with Gasteiger partial charge in [-0.2, -0.15) is 0 Å². The van der Waals surface area contributed by atoms with E-state index in [1.165, 1.54) is 12.1 Å². The minimum atomic E-state index is -1.11. The molecule has 5 heteroatoms. The Balaban J connectivity index is 1.72. The average Bonchev–Trinajstić information content (AvgIpc) is 2.89. The first-order chi connectivity index (χ1) is 17.0. The highest BCUT2D eigenvalue weighted by Gasteiger charge is 2.39. The fraction of sp³-hybridized carbons (Fsp3) is 0.133. The van der Waals surface area contributed by atoms with Crippen molar-refractivity contribution in [2.45, 2.75) is 24.3 Å². The van der Waals surface area contributed by atoms with E-state index < -0.39 is 17.4 Å². The number of phenols is 1.